The van der Waals surface area contributed by atoms with Gasteiger partial charge < -0.3 is 14.6 Å². The minimum atomic E-state index is -0.174. The number of furan rings is 1. The predicted molar refractivity (Wildman–Crippen MR) is 115 cm³/mol. The van der Waals surface area contributed by atoms with Gasteiger partial charge in [-0.2, -0.15) is 0 Å². The molecule has 0 radical (unpaired) electrons. The number of nitrogens with one attached hydrogen (secondary N) is 1. The lowest BCUT2D eigenvalue weighted by Crippen LogP contribution is -2.34. The van der Waals surface area contributed by atoms with E-state index in [1.165, 1.54) is 11.1 Å². The third kappa shape index (κ3) is 4.12. The summed E-state index contributed by atoms with van der Waals surface area (Å²) in [6.45, 7) is 9.07. The van der Waals surface area contributed by atoms with Gasteiger partial charge in [0.25, 0.3) is 5.91 Å². The van der Waals surface area contributed by atoms with Crippen LogP contribution in [0.1, 0.15) is 54.1 Å². The number of hydrogen-bond acceptors (Lipinski definition) is 3. The standard InChI is InChI=1S/C24H30N2O2/c1-16-19-9-7-8-10-21(19)28-22(16)23(27)25-15-20(26(5)6)17-11-13-18(14-12-17)24(2,3)4/h7-14,20H,15H2,1-6H3,(H,25,27)/t20-/m0/s1. The Morgan fingerprint density at radius 1 is 1.07 bits per heavy atom. The van der Waals surface area contributed by atoms with Gasteiger partial charge in [0.1, 0.15) is 5.58 Å². The fourth-order valence-corrected chi connectivity index (χ4v) is 3.46. The number of fused-ring (bicyclic) bond motifs is 1. The third-order valence-electron chi connectivity index (χ3n) is 5.29. The van der Waals surface area contributed by atoms with Crippen molar-refractivity contribution in [1.82, 2.24) is 10.2 Å². The van der Waals surface area contributed by atoms with E-state index in [4.69, 9.17) is 4.42 Å². The molecule has 4 nitrogen and oxygen atoms in total. The molecule has 0 bridgehead atoms. The monoisotopic (exact) mass is 378 g/mol. The van der Waals surface area contributed by atoms with Crippen LogP contribution >= 0.6 is 0 Å². The van der Waals surface area contributed by atoms with E-state index in [2.05, 4.69) is 55.3 Å². The largest absolute Gasteiger partial charge is 0.451 e. The Kier molecular flexibility index (Phi) is 5.61. The molecular formula is C24H30N2O2. The summed E-state index contributed by atoms with van der Waals surface area (Å²) in [7, 11) is 4.06. The van der Waals surface area contributed by atoms with Gasteiger partial charge in [-0.15, -0.1) is 0 Å². The molecule has 1 heterocycles. The van der Waals surface area contributed by atoms with E-state index in [1.807, 2.05) is 45.3 Å². The SMILES string of the molecule is Cc1c(C(=O)NC[C@@H](c2ccc(C(C)(C)C)cc2)N(C)C)oc2ccccc12. The lowest BCUT2D eigenvalue weighted by atomic mass is 9.86. The molecular weight excluding hydrogens is 348 g/mol. The van der Waals surface area contributed by atoms with Crippen LogP contribution in [-0.4, -0.2) is 31.4 Å². The first kappa shape index (κ1) is 20.2. The molecule has 148 valence electrons. The van der Waals surface area contributed by atoms with Crippen molar-refractivity contribution in [3.05, 3.63) is 71.0 Å². The topological polar surface area (TPSA) is 45.5 Å². The van der Waals surface area contributed by atoms with Gasteiger partial charge in [0.2, 0.25) is 0 Å². The summed E-state index contributed by atoms with van der Waals surface area (Å²) in [5, 5.41) is 4.03. The van der Waals surface area contributed by atoms with Crippen molar-refractivity contribution in [1.29, 1.82) is 0 Å². The molecule has 28 heavy (non-hydrogen) atoms. The van der Waals surface area contributed by atoms with Gasteiger partial charge in [0, 0.05) is 17.5 Å². The number of nitrogens with zero attached hydrogens (tertiary/aromatic N) is 1. The Hall–Kier alpha value is -2.59. The van der Waals surface area contributed by atoms with Crippen molar-refractivity contribution < 1.29 is 9.21 Å². The Labute approximate surface area is 167 Å². The minimum Gasteiger partial charge on any atom is -0.451 e. The van der Waals surface area contributed by atoms with E-state index < -0.39 is 0 Å². The number of aryl methyl sites for hydroxylation is 1. The molecule has 0 spiro atoms. The number of carbonyl (C=O) groups excluding carboxylic acids is 1. The van der Waals surface area contributed by atoms with Gasteiger partial charge in [0.15, 0.2) is 5.76 Å². The van der Waals surface area contributed by atoms with Crippen LogP contribution in [0, 0.1) is 6.92 Å². The Balaban J connectivity index is 1.76. The second kappa shape index (κ2) is 7.80. The van der Waals surface area contributed by atoms with Gasteiger partial charge in [-0.3, -0.25) is 4.79 Å². The number of rotatable bonds is 5. The first-order valence-corrected chi connectivity index (χ1v) is 9.71. The van der Waals surface area contributed by atoms with Crippen LogP contribution in [-0.2, 0) is 5.41 Å². The number of amides is 1. The summed E-state index contributed by atoms with van der Waals surface area (Å²) < 4.78 is 5.79. The molecule has 2 aromatic carbocycles. The molecule has 3 rings (SSSR count). The molecule has 0 aliphatic heterocycles. The van der Waals surface area contributed by atoms with Crippen LogP contribution < -0.4 is 5.32 Å². The molecule has 0 aliphatic carbocycles. The van der Waals surface area contributed by atoms with Crippen molar-refractivity contribution in [3.8, 4) is 0 Å². The number of likely N-dealkylation sites (N-methyl/N-ethyl adjacent to an activating group) is 1. The van der Waals surface area contributed by atoms with Crippen LogP contribution in [0.15, 0.2) is 52.9 Å². The molecule has 1 atom stereocenters. The Morgan fingerprint density at radius 3 is 2.29 bits per heavy atom. The van der Waals surface area contributed by atoms with Crippen molar-refractivity contribution in [2.24, 2.45) is 0 Å². The summed E-state index contributed by atoms with van der Waals surface area (Å²) in [5.74, 6) is 0.216. The highest BCUT2D eigenvalue weighted by Crippen LogP contribution is 2.27. The molecule has 1 aromatic heterocycles. The quantitative estimate of drug-likeness (QED) is 0.674. The average molecular weight is 379 g/mol. The highest BCUT2D eigenvalue weighted by molar-refractivity contribution is 5.98. The molecule has 0 saturated heterocycles. The summed E-state index contributed by atoms with van der Waals surface area (Å²) >= 11 is 0. The van der Waals surface area contributed by atoms with Crippen LogP contribution in [0.2, 0.25) is 0 Å². The van der Waals surface area contributed by atoms with Crippen molar-refractivity contribution >= 4 is 16.9 Å². The molecule has 0 unspecified atom stereocenters. The Morgan fingerprint density at radius 2 is 1.71 bits per heavy atom. The van der Waals surface area contributed by atoms with Gasteiger partial charge in [-0.25, -0.2) is 0 Å². The highest BCUT2D eigenvalue weighted by atomic mass is 16.3. The van der Waals surface area contributed by atoms with E-state index in [0.29, 0.717) is 12.3 Å². The second-order valence-electron chi connectivity index (χ2n) is 8.61. The number of benzene rings is 2. The molecule has 0 saturated carbocycles. The summed E-state index contributed by atoms with van der Waals surface area (Å²) in [4.78, 5) is 14.9. The van der Waals surface area contributed by atoms with Crippen LogP contribution in [0.3, 0.4) is 0 Å². The summed E-state index contributed by atoms with van der Waals surface area (Å²) in [6.07, 6.45) is 0. The maximum atomic E-state index is 12.8. The third-order valence-corrected chi connectivity index (χ3v) is 5.29. The molecule has 4 heteroatoms. The lowest BCUT2D eigenvalue weighted by Gasteiger charge is -2.26. The maximum absolute atomic E-state index is 12.8. The van der Waals surface area contributed by atoms with Crippen molar-refractivity contribution in [3.63, 3.8) is 0 Å². The molecule has 0 aliphatic rings. The van der Waals surface area contributed by atoms with E-state index in [1.54, 1.807) is 0 Å². The fourth-order valence-electron chi connectivity index (χ4n) is 3.46. The maximum Gasteiger partial charge on any atom is 0.287 e. The van der Waals surface area contributed by atoms with Crippen molar-refractivity contribution in [2.45, 2.75) is 39.2 Å². The fraction of sp³-hybridized carbons (Fsp3) is 0.375. The smallest absolute Gasteiger partial charge is 0.287 e. The molecule has 3 aromatic rings. The minimum absolute atomic E-state index is 0.0858. The van der Waals surface area contributed by atoms with Crippen LogP contribution in [0.4, 0.5) is 0 Å². The van der Waals surface area contributed by atoms with E-state index in [9.17, 15) is 4.79 Å². The number of para-hydroxylation sites is 1. The Bertz CT molecular complexity index is 962. The lowest BCUT2D eigenvalue weighted by molar-refractivity contribution is 0.0915. The normalized spacial score (nSPS) is 13.1. The van der Waals surface area contributed by atoms with E-state index in [-0.39, 0.29) is 17.4 Å². The predicted octanol–water partition coefficient (Wildman–Crippen LogP) is 5.07. The number of hydrogen-bond donors (Lipinski definition) is 1. The number of carbonyl (C=O) groups is 1. The zero-order chi connectivity index (χ0) is 20.5. The van der Waals surface area contributed by atoms with Crippen LogP contribution in [0.5, 0.6) is 0 Å². The summed E-state index contributed by atoms with van der Waals surface area (Å²) in [5.41, 5.74) is 4.23. The highest BCUT2D eigenvalue weighted by Gasteiger charge is 2.21. The van der Waals surface area contributed by atoms with E-state index >= 15 is 0 Å². The second-order valence-corrected chi connectivity index (χ2v) is 8.61. The van der Waals surface area contributed by atoms with Crippen molar-refractivity contribution in [2.75, 3.05) is 20.6 Å². The summed E-state index contributed by atoms with van der Waals surface area (Å²) in [6, 6.07) is 16.5. The molecule has 1 amide bonds. The molecule has 1 N–H and O–H groups in total. The van der Waals surface area contributed by atoms with Gasteiger partial charge >= 0.3 is 0 Å². The van der Waals surface area contributed by atoms with Crippen LogP contribution in [0.25, 0.3) is 11.0 Å². The zero-order valence-electron chi connectivity index (χ0n) is 17.7. The van der Waals surface area contributed by atoms with Gasteiger partial charge in [-0.05, 0) is 43.6 Å². The molecule has 0 fully saturated rings. The zero-order valence-corrected chi connectivity index (χ0v) is 17.7. The van der Waals surface area contributed by atoms with Gasteiger partial charge in [-0.1, -0.05) is 63.2 Å². The van der Waals surface area contributed by atoms with Gasteiger partial charge in [0.05, 0.1) is 6.04 Å². The average Bonchev–Trinajstić information content (AvgIpc) is 2.98. The first-order valence-electron chi connectivity index (χ1n) is 9.71. The van der Waals surface area contributed by atoms with E-state index in [0.717, 1.165) is 16.5 Å². The first-order chi connectivity index (χ1) is 13.2.